The van der Waals surface area contributed by atoms with Gasteiger partial charge in [-0.25, -0.2) is 0 Å². The Morgan fingerprint density at radius 2 is 1.86 bits per heavy atom. The number of aryl methyl sites for hydroxylation is 1. The summed E-state index contributed by atoms with van der Waals surface area (Å²) in [4.78, 5) is 24.6. The molecule has 0 fully saturated rings. The van der Waals surface area contributed by atoms with Gasteiger partial charge in [-0.2, -0.15) is 0 Å². The summed E-state index contributed by atoms with van der Waals surface area (Å²) >= 11 is 0. The van der Waals surface area contributed by atoms with Gasteiger partial charge in [0.05, 0.1) is 25.9 Å². The highest BCUT2D eigenvalue weighted by atomic mass is 16.5. The van der Waals surface area contributed by atoms with Crippen molar-refractivity contribution in [3.05, 3.63) is 59.4 Å². The number of ketones is 1. The molecule has 144 valence electrons. The van der Waals surface area contributed by atoms with E-state index in [0.29, 0.717) is 30.3 Å². The largest absolute Gasteiger partial charge is 0.490 e. The fraction of sp³-hybridized carbons (Fsp3) is 0.273. The minimum Gasteiger partial charge on any atom is -0.490 e. The van der Waals surface area contributed by atoms with Gasteiger partial charge in [0.1, 0.15) is 5.58 Å². The lowest BCUT2D eigenvalue weighted by atomic mass is 10.1. The number of hydrogen-bond acceptors (Lipinski definition) is 6. The molecule has 6 heteroatoms. The number of carbonyl (C=O) groups excluding carboxylic acids is 2. The second-order valence-corrected chi connectivity index (χ2v) is 6.73. The molecule has 1 aromatic heterocycles. The lowest BCUT2D eigenvalue weighted by molar-refractivity contribution is -0.141. The van der Waals surface area contributed by atoms with Crippen LogP contribution in [0, 0.1) is 6.92 Å². The molecule has 0 N–H and O–H groups in total. The molecule has 0 spiro atoms. The number of esters is 1. The van der Waals surface area contributed by atoms with Gasteiger partial charge in [0.2, 0.25) is 0 Å². The summed E-state index contributed by atoms with van der Waals surface area (Å²) in [5.74, 6) is 0.380. The minimum absolute atomic E-state index is 0.0461. The van der Waals surface area contributed by atoms with Gasteiger partial charge in [-0.15, -0.1) is 0 Å². The average Bonchev–Trinajstić information content (AvgIpc) is 2.92. The second-order valence-electron chi connectivity index (χ2n) is 6.73. The van der Waals surface area contributed by atoms with Crippen LogP contribution in [0.5, 0.6) is 11.5 Å². The first-order chi connectivity index (χ1) is 13.6. The molecule has 0 unspecified atom stereocenters. The van der Waals surface area contributed by atoms with Crippen LogP contribution in [-0.2, 0) is 16.0 Å². The fourth-order valence-electron chi connectivity index (χ4n) is 3.10. The van der Waals surface area contributed by atoms with Crippen LogP contribution in [0.2, 0.25) is 0 Å². The number of fused-ring (bicyclic) bond motifs is 2. The minimum atomic E-state index is -0.481. The molecule has 0 atom stereocenters. The number of Topliss-reactive ketones (excluding diaryl/α,β-unsaturated/α-hetero) is 1. The standard InChI is InChI=1S/C22H20O6/c1-14-3-5-17-16(12-27-20(17)9-14)11-22(24)28-13-18(23)15-4-6-19-21(10-15)26-8-2-7-25-19/h3-6,9-10,12H,2,7-8,11,13H2,1H3. The maximum atomic E-state index is 12.4. The first-order valence-corrected chi connectivity index (χ1v) is 9.15. The van der Waals surface area contributed by atoms with Crippen LogP contribution in [0.1, 0.15) is 27.9 Å². The maximum absolute atomic E-state index is 12.4. The summed E-state index contributed by atoms with van der Waals surface area (Å²) in [6.07, 6.45) is 2.39. The lowest BCUT2D eigenvalue weighted by Gasteiger charge is -2.09. The Kier molecular flexibility index (Phi) is 5.02. The first-order valence-electron chi connectivity index (χ1n) is 9.15. The summed E-state index contributed by atoms with van der Waals surface area (Å²) in [5.41, 5.74) is 2.96. The van der Waals surface area contributed by atoms with Crippen molar-refractivity contribution in [2.45, 2.75) is 19.8 Å². The molecule has 1 aliphatic rings. The van der Waals surface area contributed by atoms with E-state index in [1.54, 1.807) is 24.5 Å². The Labute approximate surface area is 162 Å². The van der Waals surface area contributed by atoms with Crippen LogP contribution >= 0.6 is 0 Å². The van der Waals surface area contributed by atoms with Gasteiger partial charge in [-0.05, 0) is 36.8 Å². The molecule has 0 radical (unpaired) electrons. The van der Waals surface area contributed by atoms with Crippen molar-refractivity contribution in [1.82, 2.24) is 0 Å². The van der Waals surface area contributed by atoms with Crippen molar-refractivity contribution in [1.29, 1.82) is 0 Å². The molecule has 2 aromatic carbocycles. The van der Waals surface area contributed by atoms with Crippen molar-refractivity contribution >= 4 is 22.7 Å². The molecular formula is C22H20O6. The molecule has 0 bridgehead atoms. The van der Waals surface area contributed by atoms with Crippen LogP contribution in [0.3, 0.4) is 0 Å². The second kappa shape index (κ2) is 7.76. The summed E-state index contributed by atoms with van der Waals surface area (Å²) in [6.45, 7) is 2.77. The third-order valence-corrected chi connectivity index (χ3v) is 4.58. The smallest absolute Gasteiger partial charge is 0.310 e. The Balaban J connectivity index is 1.38. The summed E-state index contributed by atoms with van der Waals surface area (Å²) in [7, 11) is 0. The van der Waals surface area contributed by atoms with Crippen LogP contribution in [0.25, 0.3) is 11.0 Å². The van der Waals surface area contributed by atoms with Gasteiger partial charge in [0, 0.05) is 22.9 Å². The van der Waals surface area contributed by atoms with E-state index in [4.69, 9.17) is 18.6 Å². The number of hydrogen-bond donors (Lipinski definition) is 0. The zero-order chi connectivity index (χ0) is 19.5. The topological polar surface area (TPSA) is 75.0 Å². The third-order valence-electron chi connectivity index (χ3n) is 4.58. The summed E-state index contributed by atoms with van der Waals surface area (Å²) < 4.78 is 21.8. The van der Waals surface area contributed by atoms with E-state index in [-0.39, 0.29) is 18.8 Å². The van der Waals surface area contributed by atoms with Crippen molar-refractivity contribution < 1.29 is 28.2 Å². The molecule has 4 rings (SSSR count). The highest BCUT2D eigenvalue weighted by Crippen LogP contribution is 2.30. The van der Waals surface area contributed by atoms with Crippen LogP contribution in [-0.4, -0.2) is 31.6 Å². The van der Waals surface area contributed by atoms with Gasteiger partial charge >= 0.3 is 5.97 Å². The Morgan fingerprint density at radius 3 is 2.71 bits per heavy atom. The molecule has 6 nitrogen and oxygen atoms in total. The predicted molar refractivity (Wildman–Crippen MR) is 102 cm³/mol. The van der Waals surface area contributed by atoms with E-state index < -0.39 is 5.97 Å². The average molecular weight is 380 g/mol. The molecule has 0 aliphatic carbocycles. The van der Waals surface area contributed by atoms with Crippen LogP contribution in [0.4, 0.5) is 0 Å². The molecule has 2 heterocycles. The Hall–Kier alpha value is -3.28. The van der Waals surface area contributed by atoms with Crippen molar-refractivity contribution in [2.75, 3.05) is 19.8 Å². The summed E-state index contributed by atoms with van der Waals surface area (Å²) in [5, 5.41) is 0.872. The molecule has 0 saturated heterocycles. The number of rotatable bonds is 5. The summed E-state index contributed by atoms with van der Waals surface area (Å²) in [6, 6.07) is 10.8. The molecular weight excluding hydrogens is 360 g/mol. The monoisotopic (exact) mass is 380 g/mol. The maximum Gasteiger partial charge on any atom is 0.310 e. The number of ether oxygens (including phenoxy) is 3. The van der Waals surface area contributed by atoms with Gasteiger partial charge in [0.25, 0.3) is 0 Å². The quantitative estimate of drug-likeness (QED) is 0.494. The van der Waals surface area contributed by atoms with Gasteiger partial charge in [0.15, 0.2) is 23.9 Å². The molecule has 1 aliphatic heterocycles. The molecule has 28 heavy (non-hydrogen) atoms. The SMILES string of the molecule is Cc1ccc2c(CC(=O)OCC(=O)c3ccc4c(c3)OCCCO4)coc2c1. The van der Waals surface area contributed by atoms with Crippen molar-refractivity contribution in [2.24, 2.45) is 0 Å². The van der Waals surface area contributed by atoms with Gasteiger partial charge in [-0.1, -0.05) is 12.1 Å². The van der Waals surface area contributed by atoms with Crippen molar-refractivity contribution in [3.63, 3.8) is 0 Å². The van der Waals surface area contributed by atoms with E-state index in [0.717, 1.165) is 28.5 Å². The van der Waals surface area contributed by atoms with Crippen LogP contribution in [0.15, 0.2) is 47.1 Å². The molecule has 3 aromatic rings. The van der Waals surface area contributed by atoms with Gasteiger partial charge in [-0.3, -0.25) is 9.59 Å². The number of furan rings is 1. The Morgan fingerprint density at radius 1 is 1.04 bits per heavy atom. The number of carbonyl (C=O) groups is 2. The van der Waals surface area contributed by atoms with E-state index in [1.165, 1.54) is 0 Å². The predicted octanol–water partition coefficient (Wildman–Crippen LogP) is 3.87. The normalized spacial score (nSPS) is 13.2. The van der Waals surface area contributed by atoms with E-state index in [2.05, 4.69) is 0 Å². The first kappa shape index (κ1) is 18.1. The highest BCUT2D eigenvalue weighted by Gasteiger charge is 2.17. The fourth-order valence-corrected chi connectivity index (χ4v) is 3.10. The lowest BCUT2D eigenvalue weighted by Crippen LogP contribution is -2.15. The van der Waals surface area contributed by atoms with Crippen molar-refractivity contribution in [3.8, 4) is 11.5 Å². The van der Waals surface area contributed by atoms with E-state index >= 15 is 0 Å². The van der Waals surface area contributed by atoms with E-state index in [9.17, 15) is 9.59 Å². The zero-order valence-corrected chi connectivity index (χ0v) is 15.5. The molecule has 0 saturated carbocycles. The van der Waals surface area contributed by atoms with Gasteiger partial charge < -0.3 is 18.6 Å². The zero-order valence-electron chi connectivity index (χ0n) is 15.5. The number of benzene rings is 2. The Bertz CT molecular complexity index is 1030. The molecule has 0 amide bonds. The highest BCUT2D eigenvalue weighted by molar-refractivity contribution is 5.98. The third kappa shape index (κ3) is 3.86. The van der Waals surface area contributed by atoms with E-state index in [1.807, 2.05) is 25.1 Å². The van der Waals surface area contributed by atoms with Crippen LogP contribution < -0.4 is 9.47 Å².